The van der Waals surface area contributed by atoms with E-state index in [1.807, 2.05) is 18.2 Å². The van der Waals surface area contributed by atoms with Gasteiger partial charge in [0.05, 0.1) is 19.8 Å². The van der Waals surface area contributed by atoms with Gasteiger partial charge in [0.1, 0.15) is 5.75 Å². The van der Waals surface area contributed by atoms with Gasteiger partial charge in [0.2, 0.25) is 0 Å². The molecule has 2 rings (SSSR count). The molecule has 2 N–H and O–H groups in total. The molecule has 0 bridgehead atoms. The van der Waals surface area contributed by atoms with Crippen molar-refractivity contribution >= 4 is 5.69 Å². The smallest absolute Gasteiger partial charge is 0.126 e. The van der Waals surface area contributed by atoms with E-state index in [0.29, 0.717) is 18.3 Å². The fourth-order valence-corrected chi connectivity index (χ4v) is 2.37. The van der Waals surface area contributed by atoms with Gasteiger partial charge < -0.3 is 19.8 Å². The van der Waals surface area contributed by atoms with Gasteiger partial charge in [-0.3, -0.25) is 0 Å². The van der Waals surface area contributed by atoms with Crippen LogP contribution in [0, 0.1) is 0 Å². The summed E-state index contributed by atoms with van der Waals surface area (Å²) in [5, 5.41) is 19.2. The van der Waals surface area contributed by atoms with Gasteiger partial charge in [-0.1, -0.05) is 6.07 Å². The summed E-state index contributed by atoms with van der Waals surface area (Å²) in [5.41, 5.74) is 1.78. The minimum absolute atomic E-state index is 0.118. The van der Waals surface area contributed by atoms with Crippen LogP contribution in [0.15, 0.2) is 18.2 Å². The van der Waals surface area contributed by atoms with Crippen molar-refractivity contribution < 1.29 is 14.9 Å². The lowest BCUT2D eigenvalue weighted by atomic mass is 10.1. The first-order valence-electron chi connectivity index (χ1n) is 6.41. The normalized spacial score (nSPS) is 16.4. The van der Waals surface area contributed by atoms with Crippen molar-refractivity contribution in [3.63, 3.8) is 0 Å². The SMILES string of the molecule is COc1cccc(N(CCO)C2CC2)c1[C@H](C)O. The zero-order valence-corrected chi connectivity index (χ0v) is 11.0. The van der Waals surface area contributed by atoms with E-state index in [1.54, 1.807) is 14.0 Å². The molecule has 1 aromatic carbocycles. The van der Waals surface area contributed by atoms with Crippen LogP contribution in [0.2, 0.25) is 0 Å². The van der Waals surface area contributed by atoms with Gasteiger partial charge >= 0.3 is 0 Å². The number of ether oxygens (including phenoxy) is 1. The highest BCUT2D eigenvalue weighted by Gasteiger charge is 2.31. The van der Waals surface area contributed by atoms with Gasteiger partial charge in [-0.2, -0.15) is 0 Å². The van der Waals surface area contributed by atoms with Crippen LogP contribution in [-0.2, 0) is 0 Å². The Balaban J connectivity index is 2.40. The summed E-state index contributed by atoms with van der Waals surface area (Å²) in [5.74, 6) is 0.700. The molecule has 1 atom stereocenters. The highest BCUT2D eigenvalue weighted by atomic mass is 16.5. The third-order valence-corrected chi connectivity index (χ3v) is 3.32. The molecule has 0 unspecified atom stereocenters. The lowest BCUT2D eigenvalue weighted by Gasteiger charge is -2.28. The van der Waals surface area contributed by atoms with Gasteiger partial charge in [-0.25, -0.2) is 0 Å². The average Bonchev–Trinajstić information content (AvgIpc) is 3.19. The molecule has 18 heavy (non-hydrogen) atoms. The third kappa shape index (κ3) is 2.60. The van der Waals surface area contributed by atoms with E-state index in [9.17, 15) is 10.2 Å². The van der Waals surface area contributed by atoms with E-state index in [1.165, 1.54) is 0 Å². The molecule has 0 aromatic heterocycles. The molecule has 100 valence electrons. The highest BCUT2D eigenvalue weighted by molar-refractivity contribution is 5.61. The van der Waals surface area contributed by atoms with Crippen LogP contribution >= 0.6 is 0 Å². The van der Waals surface area contributed by atoms with Gasteiger partial charge in [-0.15, -0.1) is 0 Å². The van der Waals surface area contributed by atoms with Crippen LogP contribution < -0.4 is 9.64 Å². The van der Waals surface area contributed by atoms with Crippen molar-refractivity contribution in [1.29, 1.82) is 0 Å². The lowest BCUT2D eigenvalue weighted by molar-refractivity contribution is 0.194. The first kappa shape index (κ1) is 13.2. The summed E-state index contributed by atoms with van der Waals surface area (Å²) in [4.78, 5) is 2.17. The van der Waals surface area contributed by atoms with Crippen molar-refractivity contribution in [2.75, 3.05) is 25.2 Å². The predicted octanol–water partition coefficient (Wildman–Crippen LogP) is 1.71. The third-order valence-electron chi connectivity index (χ3n) is 3.32. The number of rotatable bonds is 6. The maximum atomic E-state index is 9.97. The van der Waals surface area contributed by atoms with Crippen molar-refractivity contribution in [3.8, 4) is 5.75 Å². The Kier molecular flexibility index (Phi) is 4.09. The van der Waals surface area contributed by atoms with Crippen LogP contribution in [0.3, 0.4) is 0 Å². The second kappa shape index (κ2) is 5.59. The number of methoxy groups -OCH3 is 1. The topological polar surface area (TPSA) is 52.9 Å². The van der Waals surface area contributed by atoms with E-state index in [4.69, 9.17) is 4.74 Å². The van der Waals surface area contributed by atoms with Crippen molar-refractivity contribution in [2.45, 2.75) is 31.9 Å². The number of anilines is 1. The van der Waals surface area contributed by atoms with Crippen molar-refractivity contribution in [3.05, 3.63) is 23.8 Å². The van der Waals surface area contributed by atoms with Crippen LogP contribution in [0.4, 0.5) is 5.69 Å². The summed E-state index contributed by atoms with van der Waals surface area (Å²) in [6.45, 7) is 2.45. The number of hydrogen-bond acceptors (Lipinski definition) is 4. The molecule has 0 aliphatic heterocycles. The van der Waals surface area contributed by atoms with E-state index < -0.39 is 6.10 Å². The number of hydrogen-bond donors (Lipinski definition) is 2. The van der Waals surface area contributed by atoms with Gasteiger partial charge in [0.15, 0.2) is 0 Å². The van der Waals surface area contributed by atoms with Crippen LogP contribution in [0.1, 0.15) is 31.4 Å². The molecule has 4 heteroatoms. The number of nitrogens with zero attached hydrogens (tertiary/aromatic N) is 1. The zero-order valence-electron chi connectivity index (χ0n) is 11.0. The van der Waals surface area contributed by atoms with Crippen LogP contribution in [-0.4, -0.2) is 36.5 Å². The van der Waals surface area contributed by atoms with E-state index in [0.717, 1.165) is 24.1 Å². The quantitative estimate of drug-likeness (QED) is 0.808. The molecule has 1 aliphatic carbocycles. The van der Waals surface area contributed by atoms with E-state index in [-0.39, 0.29) is 6.61 Å². The molecule has 1 aromatic rings. The van der Waals surface area contributed by atoms with Crippen molar-refractivity contribution in [2.24, 2.45) is 0 Å². The number of benzene rings is 1. The minimum atomic E-state index is -0.587. The molecule has 4 nitrogen and oxygen atoms in total. The Morgan fingerprint density at radius 1 is 1.44 bits per heavy atom. The zero-order chi connectivity index (χ0) is 13.1. The summed E-state index contributed by atoms with van der Waals surface area (Å²) in [6, 6.07) is 6.25. The molecule has 0 radical (unpaired) electrons. The fourth-order valence-electron chi connectivity index (χ4n) is 2.37. The Morgan fingerprint density at radius 3 is 2.67 bits per heavy atom. The minimum Gasteiger partial charge on any atom is -0.496 e. The summed E-state index contributed by atoms with van der Waals surface area (Å²) in [7, 11) is 1.61. The van der Waals surface area contributed by atoms with Gasteiger partial charge in [-0.05, 0) is 31.9 Å². The highest BCUT2D eigenvalue weighted by Crippen LogP contribution is 2.39. The van der Waals surface area contributed by atoms with Crippen molar-refractivity contribution in [1.82, 2.24) is 0 Å². The molecular formula is C14H21NO3. The van der Waals surface area contributed by atoms with Crippen LogP contribution in [0.5, 0.6) is 5.75 Å². The summed E-state index contributed by atoms with van der Waals surface area (Å²) in [6.07, 6.45) is 1.71. The maximum Gasteiger partial charge on any atom is 0.126 e. The molecule has 0 heterocycles. The molecule has 0 saturated heterocycles. The monoisotopic (exact) mass is 251 g/mol. The maximum absolute atomic E-state index is 9.97. The second-order valence-electron chi connectivity index (χ2n) is 4.72. The molecule has 1 saturated carbocycles. The lowest BCUT2D eigenvalue weighted by Crippen LogP contribution is -2.30. The largest absolute Gasteiger partial charge is 0.496 e. The second-order valence-corrected chi connectivity index (χ2v) is 4.72. The fraction of sp³-hybridized carbons (Fsp3) is 0.571. The Bertz CT molecular complexity index is 402. The number of aliphatic hydroxyl groups excluding tert-OH is 2. The Hall–Kier alpha value is -1.26. The molecular weight excluding hydrogens is 230 g/mol. The van der Waals surface area contributed by atoms with E-state index in [2.05, 4.69) is 4.90 Å². The first-order chi connectivity index (χ1) is 8.69. The standard InChI is InChI=1S/C14H21NO3/c1-10(17)14-12(4-3-5-13(14)18-2)15(8-9-16)11-6-7-11/h3-5,10-11,16-17H,6-9H2,1-2H3/t10-/m0/s1. The van der Waals surface area contributed by atoms with E-state index >= 15 is 0 Å². The molecule has 0 spiro atoms. The first-order valence-corrected chi connectivity index (χ1v) is 6.41. The predicted molar refractivity (Wildman–Crippen MR) is 71.1 cm³/mol. The van der Waals surface area contributed by atoms with Crippen LogP contribution in [0.25, 0.3) is 0 Å². The number of aliphatic hydroxyl groups is 2. The van der Waals surface area contributed by atoms with Gasteiger partial charge in [0, 0.05) is 23.8 Å². The summed E-state index contributed by atoms with van der Waals surface area (Å²) >= 11 is 0. The summed E-state index contributed by atoms with van der Waals surface area (Å²) < 4.78 is 5.33. The Morgan fingerprint density at radius 2 is 2.17 bits per heavy atom. The average molecular weight is 251 g/mol. The Labute approximate surface area is 108 Å². The molecule has 1 fully saturated rings. The molecule has 1 aliphatic rings. The molecule has 0 amide bonds. The van der Waals surface area contributed by atoms with Gasteiger partial charge in [0.25, 0.3) is 0 Å².